The monoisotopic (exact) mass is 532 g/mol. The molecule has 0 radical (unpaired) electrons. The van der Waals surface area contributed by atoms with Gasteiger partial charge in [0.2, 0.25) is 11.8 Å². The van der Waals surface area contributed by atoms with E-state index in [1.807, 2.05) is 18.7 Å². The van der Waals surface area contributed by atoms with Gasteiger partial charge in [-0.25, -0.2) is 0 Å². The Bertz CT molecular complexity index is 908. The van der Waals surface area contributed by atoms with Crippen LogP contribution in [0.1, 0.15) is 71.1 Å². The van der Waals surface area contributed by atoms with Crippen molar-refractivity contribution < 1.29 is 14.3 Å². The molecule has 198 valence electrons. The lowest BCUT2D eigenvalue weighted by atomic mass is 9.77. The first-order chi connectivity index (χ1) is 17.5. The molecule has 0 aromatic heterocycles. The molecule has 9 heteroatoms. The molecule has 2 aliphatic carbocycles. The summed E-state index contributed by atoms with van der Waals surface area (Å²) >= 11 is 3.28. The largest absolute Gasteiger partial charge is 0.381 e. The lowest BCUT2D eigenvalue weighted by Gasteiger charge is -2.34. The standard InChI is InChI=1S/C27H40N4O3S2/c1-17-24(26(33)31-19-6-4-3-5-7-19)25(18-12-13-35-15-18)22(14-28)27(29-17)36-16-23(32)30-20-8-10-21(34-2)11-9-20/h18-21,25,29H,3-13,15-16H2,1-2H3,(H,30,32)(H,31,33). The maximum atomic E-state index is 13.5. The number of dihydropyridines is 1. The zero-order valence-electron chi connectivity index (χ0n) is 21.6. The second-order valence-corrected chi connectivity index (χ2v) is 12.6. The van der Waals surface area contributed by atoms with Crippen LogP contribution >= 0.6 is 23.5 Å². The smallest absolute Gasteiger partial charge is 0.249 e. The van der Waals surface area contributed by atoms with Gasteiger partial charge in [0, 0.05) is 36.4 Å². The molecule has 0 aromatic rings. The summed E-state index contributed by atoms with van der Waals surface area (Å²) in [4.78, 5) is 26.3. The van der Waals surface area contributed by atoms with E-state index in [4.69, 9.17) is 4.74 Å². The van der Waals surface area contributed by atoms with Crippen molar-refractivity contribution in [2.24, 2.45) is 11.8 Å². The fourth-order valence-corrected chi connectivity index (χ4v) is 8.23. The molecule has 7 nitrogen and oxygen atoms in total. The van der Waals surface area contributed by atoms with Crippen LogP contribution in [0, 0.1) is 23.2 Å². The van der Waals surface area contributed by atoms with Crippen LogP contribution in [0.2, 0.25) is 0 Å². The number of nitrogens with zero attached hydrogens (tertiary/aromatic N) is 1. The van der Waals surface area contributed by atoms with Gasteiger partial charge >= 0.3 is 0 Å². The first kappa shape index (κ1) is 27.4. The van der Waals surface area contributed by atoms with Crippen molar-refractivity contribution in [2.75, 3.05) is 24.4 Å². The third-order valence-electron chi connectivity index (χ3n) is 8.03. The lowest BCUT2D eigenvalue weighted by molar-refractivity contribution is -0.120. The Labute approximate surface area is 224 Å². The molecule has 0 bridgehead atoms. The van der Waals surface area contributed by atoms with Crippen LogP contribution in [0.5, 0.6) is 0 Å². The van der Waals surface area contributed by atoms with Gasteiger partial charge in [0.15, 0.2) is 0 Å². The Kier molecular flexibility index (Phi) is 10.1. The zero-order chi connectivity index (χ0) is 25.5. The number of carbonyl (C=O) groups excluding carboxylic acids is 2. The Morgan fingerprint density at radius 2 is 1.81 bits per heavy atom. The summed E-state index contributed by atoms with van der Waals surface area (Å²) in [6.07, 6.45) is 10.7. The number of methoxy groups -OCH3 is 1. The van der Waals surface area contributed by atoms with E-state index in [-0.39, 0.29) is 41.5 Å². The maximum Gasteiger partial charge on any atom is 0.249 e. The van der Waals surface area contributed by atoms with Gasteiger partial charge in [0.05, 0.1) is 28.5 Å². The molecule has 2 saturated carbocycles. The molecule has 2 atom stereocenters. The van der Waals surface area contributed by atoms with Crippen molar-refractivity contribution in [3.8, 4) is 6.07 Å². The van der Waals surface area contributed by atoms with Gasteiger partial charge in [0.1, 0.15) is 0 Å². The normalized spacial score (nSPS) is 29.5. The summed E-state index contributed by atoms with van der Waals surface area (Å²) in [6, 6.07) is 2.84. The highest BCUT2D eigenvalue weighted by Crippen LogP contribution is 2.43. The first-order valence-electron chi connectivity index (χ1n) is 13.5. The van der Waals surface area contributed by atoms with Crippen LogP contribution in [0.4, 0.5) is 0 Å². The number of ether oxygens (including phenoxy) is 1. The van der Waals surface area contributed by atoms with Crippen LogP contribution in [0.25, 0.3) is 0 Å². The SMILES string of the molecule is COC1CCC(NC(=O)CSC2=C(C#N)C(C3CCSC3)C(C(=O)NC3CCCCC3)=C(C)N2)CC1. The minimum atomic E-state index is -0.218. The number of thioether (sulfide) groups is 2. The fraction of sp³-hybridized carbons (Fsp3) is 0.741. The molecule has 36 heavy (non-hydrogen) atoms. The Morgan fingerprint density at radius 1 is 1.08 bits per heavy atom. The predicted molar refractivity (Wildman–Crippen MR) is 146 cm³/mol. The predicted octanol–water partition coefficient (Wildman–Crippen LogP) is 4.22. The van der Waals surface area contributed by atoms with Gasteiger partial charge in [-0.05, 0) is 69.3 Å². The van der Waals surface area contributed by atoms with Crippen molar-refractivity contribution >= 4 is 35.3 Å². The molecule has 0 spiro atoms. The number of hydrogen-bond donors (Lipinski definition) is 3. The van der Waals surface area contributed by atoms with E-state index in [1.165, 1.54) is 18.2 Å². The quantitative estimate of drug-likeness (QED) is 0.430. The summed E-state index contributed by atoms with van der Waals surface area (Å²) in [5.74, 6) is 2.25. The number of allylic oxidation sites excluding steroid dienone is 2. The van der Waals surface area contributed by atoms with Crippen molar-refractivity contribution in [3.63, 3.8) is 0 Å². The van der Waals surface area contributed by atoms with Crippen molar-refractivity contribution in [2.45, 2.75) is 89.3 Å². The van der Waals surface area contributed by atoms with E-state index >= 15 is 0 Å². The van der Waals surface area contributed by atoms with Crippen molar-refractivity contribution in [3.05, 3.63) is 21.9 Å². The molecule has 2 amide bonds. The van der Waals surface area contributed by atoms with Crippen LogP contribution in [0.3, 0.4) is 0 Å². The van der Waals surface area contributed by atoms with Crippen molar-refractivity contribution in [1.29, 1.82) is 5.26 Å². The number of nitriles is 1. The molecule has 2 aliphatic heterocycles. The number of amides is 2. The third kappa shape index (κ3) is 6.81. The van der Waals surface area contributed by atoms with Gasteiger partial charge in [-0.15, -0.1) is 0 Å². The molecule has 3 N–H and O–H groups in total. The Balaban J connectivity index is 1.44. The Hall–Kier alpha value is -1.63. The van der Waals surface area contributed by atoms with Crippen LogP contribution in [-0.2, 0) is 14.3 Å². The molecular weight excluding hydrogens is 492 g/mol. The van der Waals surface area contributed by atoms with E-state index in [0.29, 0.717) is 17.3 Å². The number of hydrogen-bond acceptors (Lipinski definition) is 7. The molecule has 1 saturated heterocycles. The number of rotatable bonds is 8. The zero-order valence-corrected chi connectivity index (χ0v) is 23.2. The van der Waals surface area contributed by atoms with Crippen LogP contribution < -0.4 is 16.0 Å². The summed E-state index contributed by atoms with van der Waals surface area (Å²) in [5.41, 5.74) is 2.14. The van der Waals surface area contributed by atoms with Gasteiger partial charge < -0.3 is 20.7 Å². The average Bonchev–Trinajstić information content (AvgIpc) is 3.42. The molecular formula is C27H40N4O3S2. The van der Waals surface area contributed by atoms with E-state index in [1.54, 1.807) is 7.11 Å². The Morgan fingerprint density at radius 3 is 2.44 bits per heavy atom. The van der Waals surface area contributed by atoms with Gasteiger partial charge in [-0.2, -0.15) is 17.0 Å². The number of nitrogens with one attached hydrogen (secondary N) is 3. The molecule has 0 aromatic carbocycles. The molecule has 2 unspecified atom stereocenters. The highest BCUT2D eigenvalue weighted by molar-refractivity contribution is 8.03. The third-order valence-corrected chi connectivity index (χ3v) is 10.2. The highest BCUT2D eigenvalue weighted by Gasteiger charge is 2.40. The van der Waals surface area contributed by atoms with Gasteiger partial charge in [0.25, 0.3) is 0 Å². The topological polar surface area (TPSA) is 103 Å². The fourth-order valence-electron chi connectivity index (χ4n) is 6.02. The maximum absolute atomic E-state index is 13.5. The molecule has 2 heterocycles. The number of carbonyl (C=O) groups is 2. The highest BCUT2D eigenvalue weighted by atomic mass is 32.2. The lowest BCUT2D eigenvalue weighted by Crippen LogP contribution is -2.43. The van der Waals surface area contributed by atoms with Crippen molar-refractivity contribution in [1.82, 2.24) is 16.0 Å². The summed E-state index contributed by atoms with van der Waals surface area (Å²) in [6.45, 7) is 1.94. The van der Waals surface area contributed by atoms with Gasteiger partial charge in [-0.1, -0.05) is 31.0 Å². The molecule has 4 aliphatic rings. The van der Waals surface area contributed by atoms with E-state index in [9.17, 15) is 14.9 Å². The van der Waals surface area contributed by atoms with Crippen LogP contribution in [0.15, 0.2) is 21.9 Å². The van der Waals surface area contributed by atoms with E-state index < -0.39 is 0 Å². The summed E-state index contributed by atoms with van der Waals surface area (Å²) < 4.78 is 5.43. The second kappa shape index (κ2) is 13.3. The molecule has 3 fully saturated rings. The summed E-state index contributed by atoms with van der Waals surface area (Å²) in [7, 11) is 1.75. The average molecular weight is 533 g/mol. The van der Waals surface area contributed by atoms with Crippen LogP contribution in [-0.4, -0.2) is 54.4 Å². The first-order valence-corrected chi connectivity index (χ1v) is 15.6. The minimum Gasteiger partial charge on any atom is -0.381 e. The summed E-state index contributed by atoms with van der Waals surface area (Å²) in [5, 5.41) is 20.7. The van der Waals surface area contributed by atoms with E-state index in [0.717, 1.165) is 80.0 Å². The molecule has 4 rings (SSSR count). The van der Waals surface area contributed by atoms with E-state index in [2.05, 4.69) is 22.0 Å². The minimum absolute atomic E-state index is 0.0112. The van der Waals surface area contributed by atoms with Gasteiger partial charge in [-0.3, -0.25) is 9.59 Å². The second-order valence-electron chi connectivity index (χ2n) is 10.5.